The van der Waals surface area contributed by atoms with Crippen LogP contribution in [0.2, 0.25) is 0 Å². The number of hydrogen-bond acceptors (Lipinski definition) is 4. The molecule has 0 aliphatic heterocycles. The van der Waals surface area contributed by atoms with E-state index in [-0.39, 0.29) is 17.7 Å². The number of sulfone groups is 1. The number of carbonyl (C=O) groups excluding carboxylic acids is 2. The van der Waals surface area contributed by atoms with E-state index in [4.69, 9.17) is 5.73 Å². The summed E-state index contributed by atoms with van der Waals surface area (Å²) < 4.78 is 37.8. The first-order chi connectivity index (χ1) is 11.7. The van der Waals surface area contributed by atoms with E-state index in [1.54, 1.807) is 30.3 Å². The molecule has 0 heterocycles. The zero-order valence-electron chi connectivity index (χ0n) is 13.4. The maximum Gasteiger partial charge on any atom is 0.254 e. The zero-order valence-corrected chi connectivity index (χ0v) is 14.2. The highest BCUT2D eigenvalue weighted by atomic mass is 32.2. The molecular weight excluding hydrogens is 347 g/mol. The number of carbonyl (C=O) groups is 2. The molecular formula is C17H17FN2O4S. The minimum atomic E-state index is -3.51. The van der Waals surface area contributed by atoms with Gasteiger partial charge in [-0.2, -0.15) is 0 Å². The molecule has 2 rings (SSSR count). The van der Waals surface area contributed by atoms with Crippen LogP contribution >= 0.6 is 0 Å². The van der Waals surface area contributed by atoms with Crippen LogP contribution in [-0.4, -0.2) is 33.0 Å². The summed E-state index contributed by atoms with van der Waals surface area (Å²) in [4.78, 5) is 23.4. The van der Waals surface area contributed by atoms with E-state index in [0.29, 0.717) is 5.56 Å². The molecule has 0 aromatic heterocycles. The molecule has 0 saturated heterocycles. The van der Waals surface area contributed by atoms with Gasteiger partial charge >= 0.3 is 0 Å². The Hall–Kier alpha value is -2.74. The van der Waals surface area contributed by atoms with E-state index in [9.17, 15) is 22.4 Å². The third-order valence-electron chi connectivity index (χ3n) is 3.63. The summed E-state index contributed by atoms with van der Waals surface area (Å²) in [6.45, 7) is -0.234. The summed E-state index contributed by atoms with van der Waals surface area (Å²) >= 11 is 0. The molecule has 2 aromatic carbocycles. The maximum atomic E-state index is 13.8. The second-order valence-electron chi connectivity index (χ2n) is 5.50. The van der Waals surface area contributed by atoms with Gasteiger partial charge in [-0.05, 0) is 23.8 Å². The molecule has 2 aromatic rings. The second kappa shape index (κ2) is 7.43. The molecule has 3 N–H and O–H groups in total. The number of nitrogens with two attached hydrogens (primary N) is 1. The lowest BCUT2D eigenvalue weighted by Gasteiger charge is -2.16. The lowest BCUT2D eigenvalue weighted by molar-refractivity contribution is 0.0949. The molecule has 25 heavy (non-hydrogen) atoms. The standard InChI is InChI=1S/C17H17FN2O4S/c1-25(23,24)15(11-5-3-2-4-6-11)10-20-17(22)13-9-12(16(19)21)7-8-14(13)18/h2-9,15H,10H2,1H3,(H2,19,21)(H,20,22). The zero-order chi connectivity index (χ0) is 18.6. The van der Waals surface area contributed by atoms with Crippen LogP contribution in [0.5, 0.6) is 0 Å². The van der Waals surface area contributed by atoms with Crippen LogP contribution in [0.25, 0.3) is 0 Å². The highest BCUT2D eigenvalue weighted by molar-refractivity contribution is 7.91. The van der Waals surface area contributed by atoms with Crippen molar-refractivity contribution in [1.82, 2.24) is 5.32 Å². The number of amides is 2. The molecule has 132 valence electrons. The first-order valence-corrected chi connectivity index (χ1v) is 9.27. The topological polar surface area (TPSA) is 106 Å². The van der Waals surface area contributed by atoms with Crippen molar-refractivity contribution in [1.29, 1.82) is 0 Å². The summed E-state index contributed by atoms with van der Waals surface area (Å²) in [5, 5.41) is 1.43. The van der Waals surface area contributed by atoms with Crippen LogP contribution in [0.3, 0.4) is 0 Å². The van der Waals surface area contributed by atoms with Gasteiger partial charge in [0.2, 0.25) is 5.91 Å². The summed E-state index contributed by atoms with van der Waals surface area (Å²) in [6, 6.07) is 11.5. The van der Waals surface area contributed by atoms with Gasteiger partial charge in [0, 0.05) is 18.4 Å². The first kappa shape index (κ1) is 18.6. The predicted octanol–water partition coefficient (Wildman–Crippen LogP) is 1.44. The Labute approximate surface area is 144 Å². The van der Waals surface area contributed by atoms with Gasteiger partial charge in [-0.25, -0.2) is 12.8 Å². The van der Waals surface area contributed by atoms with Gasteiger partial charge < -0.3 is 11.1 Å². The van der Waals surface area contributed by atoms with E-state index >= 15 is 0 Å². The molecule has 1 atom stereocenters. The summed E-state index contributed by atoms with van der Waals surface area (Å²) in [6.07, 6.45) is 1.06. The number of rotatable bonds is 6. The summed E-state index contributed by atoms with van der Waals surface area (Å²) in [7, 11) is -3.51. The number of hydrogen-bond donors (Lipinski definition) is 2. The van der Waals surface area contributed by atoms with Gasteiger partial charge in [0.05, 0.1) is 5.56 Å². The van der Waals surface area contributed by atoms with Gasteiger partial charge in [-0.15, -0.1) is 0 Å². The smallest absolute Gasteiger partial charge is 0.254 e. The number of nitrogens with one attached hydrogen (secondary N) is 1. The van der Waals surface area contributed by atoms with Gasteiger partial charge in [-0.3, -0.25) is 9.59 Å². The quantitative estimate of drug-likeness (QED) is 0.809. The minimum absolute atomic E-state index is 0.0192. The lowest BCUT2D eigenvalue weighted by Crippen LogP contribution is -2.32. The highest BCUT2D eigenvalue weighted by Crippen LogP contribution is 2.21. The Morgan fingerprint density at radius 2 is 1.80 bits per heavy atom. The third kappa shape index (κ3) is 4.63. The van der Waals surface area contributed by atoms with Crippen molar-refractivity contribution in [3.05, 3.63) is 71.0 Å². The molecule has 0 fully saturated rings. The van der Waals surface area contributed by atoms with Gasteiger partial charge in [0.25, 0.3) is 5.91 Å². The van der Waals surface area contributed by atoms with E-state index in [2.05, 4.69) is 5.32 Å². The van der Waals surface area contributed by atoms with Crippen LogP contribution in [0.1, 0.15) is 31.5 Å². The van der Waals surface area contributed by atoms with E-state index in [0.717, 1.165) is 24.5 Å². The van der Waals surface area contributed by atoms with Crippen LogP contribution in [-0.2, 0) is 9.84 Å². The van der Waals surface area contributed by atoms with Crippen molar-refractivity contribution in [3.8, 4) is 0 Å². The number of primary amides is 1. The Kier molecular flexibility index (Phi) is 5.53. The van der Waals surface area contributed by atoms with Crippen molar-refractivity contribution in [3.63, 3.8) is 0 Å². The van der Waals surface area contributed by atoms with Crippen LogP contribution in [0, 0.1) is 5.82 Å². The average molecular weight is 364 g/mol. The van der Waals surface area contributed by atoms with Gasteiger partial charge in [0.15, 0.2) is 9.84 Å². The fourth-order valence-corrected chi connectivity index (χ4v) is 3.35. The van der Waals surface area contributed by atoms with Crippen molar-refractivity contribution in [2.75, 3.05) is 12.8 Å². The monoisotopic (exact) mass is 364 g/mol. The molecule has 0 spiro atoms. The fraction of sp³-hybridized carbons (Fsp3) is 0.176. The molecule has 6 nitrogen and oxygen atoms in total. The number of halogens is 1. The maximum absolute atomic E-state index is 13.8. The van der Waals surface area contributed by atoms with Gasteiger partial charge in [0.1, 0.15) is 11.1 Å². The first-order valence-electron chi connectivity index (χ1n) is 7.31. The number of benzene rings is 2. The predicted molar refractivity (Wildman–Crippen MR) is 91.3 cm³/mol. The van der Waals surface area contributed by atoms with Crippen LogP contribution in [0.4, 0.5) is 4.39 Å². The van der Waals surface area contributed by atoms with Crippen molar-refractivity contribution >= 4 is 21.7 Å². The molecule has 0 saturated carbocycles. The Balaban J connectivity index is 2.23. The van der Waals surface area contributed by atoms with E-state index < -0.39 is 32.7 Å². The SMILES string of the molecule is CS(=O)(=O)C(CNC(=O)c1cc(C(N)=O)ccc1F)c1ccccc1. The largest absolute Gasteiger partial charge is 0.366 e. The molecule has 1 unspecified atom stereocenters. The molecule has 0 bridgehead atoms. The summed E-state index contributed by atoms with van der Waals surface area (Å²) in [5.41, 5.74) is 5.23. The normalized spacial score (nSPS) is 12.4. The van der Waals surface area contributed by atoms with Crippen molar-refractivity contribution < 1.29 is 22.4 Å². The average Bonchev–Trinajstić information content (AvgIpc) is 2.54. The van der Waals surface area contributed by atoms with Gasteiger partial charge in [-0.1, -0.05) is 30.3 Å². The summed E-state index contributed by atoms with van der Waals surface area (Å²) in [5.74, 6) is -2.46. The highest BCUT2D eigenvalue weighted by Gasteiger charge is 2.24. The minimum Gasteiger partial charge on any atom is -0.366 e. The Morgan fingerprint density at radius 1 is 1.16 bits per heavy atom. The van der Waals surface area contributed by atoms with Crippen molar-refractivity contribution in [2.45, 2.75) is 5.25 Å². The molecule has 8 heteroatoms. The van der Waals surface area contributed by atoms with Crippen molar-refractivity contribution in [2.24, 2.45) is 5.73 Å². The van der Waals surface area contributed by atoms with Crippen LogP contribution < -0.4 is 11.1 Å². The van der Waals surface area contributed by atoms with E-state index in [1.807, 2.05) is 0 Å². The Bertz CT molecular complexity index is 898. The molecule has 0 aliphatic carbocycles. The lowest BCUT2D eigenvalue weighted by atomic mass is 10.1. The molecule has 0 radical (unpaired) electrons. The molecule has 2 amide bonds. The van der Waals surface area contributed by atoms with E-state index in [1.165, 1.54) is 0 Å². The second-order valence-corrected chi connectivity index (χ2v) is 7.73. The Morgan fingerprint density at radius 3 is 2.36 bits per heavy atom. The molecule has 0 aliphatic rings. The van der Waals surface area contributed by atoms with Crippen LogP contribution in [0.15, 0.2) is 48.5 Å². The third-order valence-corrected chi connectivity index (χ3v) is 5.10. The fourth-order valence-electron chi connectivity index (χ4n) is 2.32.